The van der Waals surface area contributed by atoms with E-state index in [4.69, 9.17) is 0 Å². The van der Waals surface area contributed by atoms with Gasteiger partial charge in [-0.25, -0.2) is 0 Å². The van der Waals surface area contributed by atoms with Crippen LogP contribution in [0.1, 0.15) is 53.5 Å². The predicted molar refractivity (Wildman–Crippen MR) is 87.0 cm³/mol. The summed E-state index contributed by atoms with van der Waals surface area (Å²) in [5.41, 5.74) is 4.99. The van der Waals surface area contributed by atoms with Gasteiger partial charge in [-0.1, -0.05) is 50.2 Å². The summed E-state index contributed by atoms with van der Waals surface area (Å²) in [7, 11) is 0. The second kappa shape index (κ2) is 6.31. The Hall–Kier alpha value is -1.80. The lowest BCUT2D eigenvalue weighted by atomic mass is 9.86. The minimum absolute atomic E-state index is 0.0150. The fourth-order valence-corrected chi connectivity index (χ4v) is 2.73. The van der Waals surface area contributed by atoms with Crippen LogP contribution in [-0.2, 0) is 0 Å². The molecule has 0 aliphatic carbocycles. The van der Waals surface area contributed by atoms with Gasteiger partial charge >= 0.3 is 0 Å². The summed E-state index contributed by atoms with van der Waals surface area (Å²) >= 11 is 0. The first-order valence-corrected chi connectivity index (χ1v) is 7.45. The van der Waals surface area contributed by atoms with Crippen molar-refractivity contribution >= 4 is 0 Å². The minimum atomic E-state index is -0.189. The molecule has 0 heterocycles. The van der Waals surface area contributed by atoms with Crippen LogP contribution in [0, 0.1) is 13.8 Å². The maximum absolute atomic E-state index is 10.4. The Kier molecular flexibility index (Phi) is 4.69. The molecule has 0 saturated heterocycles. The molecule has 0 spiro atoms. The number of phenolic OH excluding ortho intramolecular Hbond substituents is 1. The number of hydrogen-bond acceptors (Lipinski definition) is 2. The van der Waals surface area contributed by atoms with Gasteiger partial charge < -0.3 is 10.2 Å². The molecule has 2 aromatic rings. The number of benzene rings is 2. The molecular weight excluding hydrogens is 260 g/mol. The van der Waals surface area contributed by atoms with Crippen molar-refractivity contribution in [1.82, 2.24) is 0 Å². The summed E-state index contributed by atoms with van der Waals surface area (Å²) in [5.74, 6) is 0.592. The average molecular weight is 284 g/mol. The van der Waals surface area contributed by atoms with Crippen LogP contribution in [0.3, 0.4) is 0 Å². The minimum Gasteiger partial charge on any atom is -0.507 e. The van der Waals surface area contributed by atoms with Crippen molar-refractivity contribution in [3.63, 3.8) is 0 Å². The van der Waals surface area contributed by atoms with Crippen LogP contribution in [0.25, 0.3) is 0 Å². The largest absolute Gasteiger partial charge is 0.507 e. The van der Waals surface area contributed by atoms with Crippen LogP contribution < -0.4 is 0 Å². The Morgan fingerprint density at radius 1 is 0.857 bits per heavy atom. The van der Waals surface area contributed by atoms with Crippen molar-refractivity contribution in [2.45, 2.75) is 39.5 Å². The van der Waals surface area contributed by atoms with Gasteiger partial charge in [0.15, 0.2) is 0 Å². The molecule has 0 aliphatic heterocycles. The van der Waals surface area contributed by atoms with Crippen LogP contribution in [-0.4, -0.2) is 16.8 Å². The van der Waals surface area contributed by atoms with E-state index in [2.05, 4.69) is 38.1 Å². The number of phenols is 1. The van der Waals surface area contributed by atoms with Gasteiger partial charge in [0, 0.05) is 11.5 Å². The first kappa shape index (κ1) is 15.6. The van der Waals surface area contributed by atoms with E-state index in [1.165, 1.54) is 5.56 Å². The Labute approximate surface area is 127 Å². The molecule has 0 amide bonds. The van der Waals surface area contributed by atoms with E-state index in [1.54, 1.807) is 0 Å². The van der Waals surface area contributed by atoms with Gasteiger partial charge in [0.05, 0.1) is 6.61 Å². The van der Waals surface area contributed by atoms with Crippen LogP contribution >= 0.6 is 0 Å². The monoisotopic (exact) mass is 284 g/mol. The van der Waals surface area contributed by atoms with E-state index in [9.17, 15) is 10.2 Å². The summed E-state index contributed by atoms with van der Waals surface area (Å²) in [6.07, 6.45) is 0. The van der Waals surface area contributed by atoms with E-state index < -0.39 is 0 Å². The van der Waals surface area contributed by atoms with E-state index in [1.807, 2.05) is 26.0 Å². The van der Waals surface area contributed by atoms with Gasteiger partial charge in [0.25, 0.3) is 0 Å². The van der Waals surface area contributed by atoms with Gasteiger partial charge in [-0.2, -0.15) is 0 Å². The molecule has 2 heteroatoms. The Morgan fingerprint density at radius 2 is 1.38 bits per heavy atom. The van der Waals surface area contributed by atoms with E-state index in [-0.39, 0.29) is 12.5 Å². The lowest BCUT2D eigenvalue weighted by Crippen LogP contribution is -2.09. The van der Waals surface area contributed by atoms with Crippen LogP contribution in [0.2, 0.25) is 0 Å². The smallest absolute Gasteiger partial charge is 0.122 e. The van der Waals surface area contributed by atoms with Crippen molar-refractivity contribution < 1.29 is 10.2 Å². The van der Waals surface area contributed by atoms with Gasteiger partial charge in [-0.15, -0.1) is 0 Å². The SMILES string of the molecule is Cc1ccc(C)c(C(CO)c2ccc(C(C)C)cc2)c1O. The first-order chi connectivity index (χ1) is 9.95. The molecule has 2 nitrogen and oxygen atoms in total. The summed E-state index contributed by atoms with van der Waals surface area (Å²) < 4.78 is 0. The van der Waals surface area contributed by atoms with Crippen molar-refractivity contribution in [2.24, 2.45) is 0 Å². The molecule has 1 unspecified atom stereocenters. The second-order valence-corrected chi connectivity index (χ2v) is 6.02. The zero-order valence-corrected chi connectivity index (χ0v) is 13.2. The number of rotatable bonds is 4. The van der Waals surface area contributed by atoms with Gasteiger partial charge in [0.1, 0.15) is 5.75 Å². The maximum atomic E-state index is 10.4. The van der Waals surface area contributed by atoms with Crippen molar-refractivity contribution in [3.8, 4) is 5.75 Å². The average Bonchev–Trinajstić information content (AvgIpc) is 2.48. The third kappa shape index (κ3) is 3.11. The Morgan fingerprint density at radius 3 is 1.90 bits per heavy atom. The van der Waals surface area contributed by atoms with Crippen molar-refractivity contribution in [2.75, 3.05) is 6.61 Å². The molecule has 0 aromatic heterocycles. The Balaban J connectivity index is 2.47. The lowest BCUT2D eigenvalue weighted by molar-refractivity contribution is 0.277. The van der Waals surface area contributed by atoms with Gasteiger partial charge in [-0.3, -0.25) is 0 Å². The molecule has 2 aromatic carbocycles. The highest BCUT2D eigenvalue weighted by atomic mass is 16.3. The zero-order chi connectivity index (χ0) is 15.6. The molecular formula is C19H24O2. The topological polar surface area (TPSA) is 40.5 Å². The zero-order valence-electron chi connectivity index (χ0n) is 13.2. The molecule has 1 atom stereocenters. The molecule has 112 valence electrons. The summed E-state index contributed by atoms with van der Waals surface area (Å²) in [4.78, 5) is 0. The summed E-state index contributed by atoms with van der Waals surface area (Å²) in [6.45, 7) is 8.16. The molecule has 0 saturated carbocycles. The van der Waals surface area contributed by atoms with Gasteiger partial charge in [0.2, 0.25) is 0 Å². The molecule has 0 aliphatic rings. The number of aryl methyl sites for hydroxylation is 2. The van der Waals surface area contributed by atoms with Crippen LogP contribution in [0.4, 0.5) is 0 Å². The second-order valence-electron chi connectivity index (χ2n) is 6.02. The highest BCUT2D eigenvalue weighted by Crippen LogP contribution is 2.36. The molecule has 0 fully saturated rings. The van der Waals surface area contributed by atoms with Crippen molar-refractivity contribution in [3.05, 3.63) is 64.2 Å². The molecule has 2 rings (SSSR count). The summed E-state index contributed by atoms with van der Waals surface area (Å²) in [5, 5.41) is 20.2. The lowest BCUT2D eigenvalue weighted by Gasteiger charge is -2.21. The third-order valence-electron chi connectivity index (χ3n) is 4.17. The molecule has 21 heavy (non-hydrogen) atoms. The van der Waals surface area contributed by atoms with Crippen LogP contribution in [0.5, 0.6) is 5.75 Å². The predicted octanol–water partition coefficient (Wildman–Crippen LogP) is 4.26. The Bertz CT molecular complexity index is 612. The number of aliphatic hydroxyl groups excluding tert-OH is 1. The maximum Gasteiger partial charge on any atom is 0.122 e. The van der Waals surface area contributed by atoms with E-state index >= 15 is 0 Å². The quantitative estimate of drug-likeness (QED) is 0.881. The number of hydrogen-bond donors (Lipinski definition) is 2. The summed E-state index contributed by atoms with van der Waals surface area (Å²) in [6, 6.07) is 12.2. The third-order valence-corrected chi connectivity index (χ3v) is 4.17. The molecule has 0 radical (unpaired) electrons. The van der Waals surface area contributed by atoms with E-state index in [0.29, 0.717) is 11.7 Å². The molecule has 2 N–H and O–H groups in total. The fourth-order valence-electron chi connectivity index (χ4n) is 2.73. The standard InChI is InChI=1S/C19H24O2/c1-12(2)15-7-9-16(10-8-15)17(11-20)18-13(3)5-6-14(4)19(18)21/h5-10,12,17,20-21H,11H2,1-4H3. The normalized spacial score (nSPS) is 12.7. The highest BCUT2D eigenvalue weighted by molar-refractivity contribution is 5.50. The highest BCUT2D eigenvalue weighted by Gasteiger charge is 2.20. The number of aliphatic hydroxyl groups is 1. The van der Waals surface area contributed by atoms with Gasteiger partial charge in [-0.05, 0) is 42.0 Å². The van der Waals surface area contributed by atoms with Crippen molar-refractivity contribution in [1.29, 1.82) is 0 Å². The van der Waals surface area contributed by atoms with Crippen LogP contribution in [0.15, 0.2) is 36.4 Å². The fraction of sp³-hybridized carbons (Fsp3) is 0.368. The first-order valence-electron chi connectivity index (χ1n) is 7.45. The molecule has 0 bridgehead atoms. The number of aromatic hydroxyl groups is 1. The van der Waals surface area contributed by atoms with E-state index in [0.717, 1.165) is 22.3 Å².